The first kappa shape index (κ1) is 15.8. The third kappa shape index (κ3) is 3.63. The first-order valence-corrected chi connectivity index (χ1v) is 5.50. The van der Waals surface area contributed by atoms with Crippen LogP contribution >= 0.6 is 0 Å². The molecule has 0 radical (unpaired) electrons. The SMILES string of the molecule is CCC(C(C)=O)(C(C)=O)C(=O)OOC(C)(C)C. The van der Waals surface area contributed by atoms with Crippen LogP contribution < -0.4 is 0 Å². The highest BCUT2D eigenvalue weighted by atomic mass is 17.2. The van der Waals surface area contributed by atoms with E-state index in [4.69, 9.17) is 4.89 Å². The molecule has 0 amide bonds. The Morgan fingerprint density at radius 3 is 1.65 bits per heavy atom. The van der Waals surface area contributed by atoms with Crippen LogP contribution in [0, 0.1) is 5.41 Å². The highest BCUT2D eigenvalue weighted by Crippen LogP contribution is 2.27. The summed E-state index contributed by atoms with van der Waals surface area (Å²) in [6.07, 6.45) is 0.0595. The lowest BCUT2D eigenvalue weighted by Gasteiger charge is -2.25. The minimum atomic E-state index is -1.74. The molecular weight excluding hydrogens is 224 g/mol. The molecule has 98 valence electrons. The van der Waals surface area contributed by atoms with Crippen LogP contribution in [0.1, 0.15) is 48.0 Å². The zero-order chi connectivity index (χ0) is 13.9. The van der Waals surface area contributed by atoms with E-state index in [1.165, 1.54) is 13.8 Å². The van der Waals surface area contributed by atoms with Gasteiger partial charge in [0, 0.05) is 0 Å². The Hall–Kier alpha value is -1.23. The minimum Gasteiger partial charge on any atom is -0.298 e. The molecule has 0 aromatic heterocycles. The molecule has 0 unspecified atom stereocenters. The van der Waals surface area contributed by atoms with Gasteiger partial charge < -0.3 is 0 Å². The van der Waals surface area contributed by atoms with E-state index in [0.29, 0.717) is 0 Å². The molecule has 0 aliphatic carbocycles. The lowest BCUT2D eigenvalue weighted by atomic mass is 9.78. The summed E-state index contributed by atoms with van der Waals surface area (Å²) in [6.45, 7) is 9.05. The van der Waals surface area contributed by atoms with Crippen molar-refractivity contribution in [2.45, 2.75) is 53.6 Å². The fourth-order valence-electron chi connectivity index (χ4n) is 1.41. The molecule has 0 aliphatic rings. The second-order valence-corrected chi connectivity index (χ2v) is 4.94. The van der Waals surface area contributed by atoms with Gasteiger partial charge in [0.05, 0.1) is 0 Å². The molecule has 0 atom stereocenters. The number of rotatable bonds is 5. The average Bonchev–Trinajstić information content (AvgIpc) is 2.14. The second kappa shape index (κ2) is 5.40. The molecule has 0 aromatic rings. The van der Waals surface area contributed by atoms with Gasteiger partial charge in [0.2, 0.25) is 0 Å². The van der Waals surface area contributed by atoms with Gasteiger partial charge in [0.1, 0.15) is 5.60 Å². The van der Waals surface area contributed by atoms with Crippen LogP contribution in [-0.4, -0.2) is 23.1 Å². The van der Waals surface area contributed by atoms with Crippen molar-refractivity contribution in [3.8, 4) is 0 Å². The summed E-state index contributed by atoms with van der Waals surface area (Å²) >= 11 is 0. The lowest BCUT2D eigenvalue weighted by Crippen LogP contribution is -2.45. The van der Waals surface area contributed by atoms with E-state index in [-0.39, 0.29) is 6.42 Å². The van der Waals surface area contributed by atoms with Crippen molar-refractivity contribution in [3.63, 3.8) is 0 Å². The summed E-state index contributed by atoms with van der Waals surface area (Å²) in [6, 6.07) is 0. The average molecular weight is 244 g/mol. The Morgan fingerprint density at radius 1 is 1.00 bits per heavy atom. The fraction of sp³-hybridized carbons (Fsp3) is 0.750. The fourth-order valence-corrected chi connectivity index (χ4v) is 1.41. The van der Waals surface area contributed by atoms with Crippen molar-refractivity contribution < 1.29 is 24.2 Å². The van der Waals surface area contributed by atoms with Crippen molar-refractivity contribution in [1.29, 1.82) is 0 Å². The zero-order valence-corrected chi connectivity index (χ0v) is 11.2. The Labute approximate surface area is 101 Å². The molecule has 0 saturated carbocycles. The van der Waals surface area contributed by atoms with Crippen LogP contribution in [0.5, 0.6) is 0 Å². The number of Topliss-reactive ketones (excluding diaryl/α,β-unsaturated/α-hetero) is 2. The molecule has 0 bridgehead atoms. The zero-order valence-electron chi connectivity index (χ0n) is 11.2. The van der Waals surface area contributed by atoms with E-state index in [9.17, 15) is 14.4 Å². The summed E-state index contributed by atoms with van der Waals surface area (Å²) < 4.78 is 0. The van der Waals surface area contributed by atoms with E-state index in [2.05, 4.69) is 4.89 Å². The molecule has 0 rings (SSSR count). The van der Waals surface area contributed by atoms with Crippen molar-refractivity contribution in [1.82, 2.24) is 0 Å². The van der Waals surface area contributed by atoms with Crippen molar-refractivity contribution in [2.24, 2.45) is 5.41 Å². The summed E-state index contributed by atoms with van der Waals surface area (Å²) in [5.74, 6) is -2.01. The normalized spacial score (nSPS) is 12.1. The predicted molar refractivity (Wildman–Crippen MR) is 61.0 cm³/mol. The van der Waals surface area contributed by atoms with Crippen LogP contribution in [0.2, 0.25) is 0 Å². The maximum Gasteiger partial charge on any atom is 0.363 e. The van der Waals surface area contributed by atoms with Crippen LogP contribution in [-0.2, 0) is 24.2 Å². The highest BCUT2D eigenvalue weighted by Gasteiger charge is 2.49. The third-order valence-electron chi connectivity index (χ3n) is 2.45. The molecule has 0 aliphatic heterocycles. The van der Waals surface area contributed by atoms with Gasteiger partial charge in [-0.3, -0.25) is 14.5 Å². The molecule has 0 saturated heterocycles. The molecular formula is C12H20O5. The standard InChI is InChI=1S/C12H20O5/c1-7-12(8(2)13,9(3)14)10(15)16-17-11(4,5)6/h7H2,1-6H3. The van der Waals surface area contributed by atoms with Gasteiger partial charge >= 0.3 is 5.97 Å². The quantitative estimate of drug-likeness (QED) is 0.419. The van der Waals surface area contributed by atoms with Crippen LogP contribution in [0.4, 0.5) is 0 Å². The molecule has 0 fully saturated rings. The molecule has 0 aromatic carbocycles. The first-order valence-electron chi connectivity index (χ1n) is 5.50. The Bertz CT molecular complexity index is 310. The Balaban J connectivity index is 5.03. The van der Waals surface area contributed by atoms with Gasteiger partial charge in [-0.25, -0.2) is 4.79 Å². The van der Waals surface area contributed by atoms with Gasteiger partial charge in [0.25, 0.3) is 0 Å². The number of hydrogen-bond donors (Lipinski definition) is 0. The van der Waals surface area contributed by atoms with E-state index >= 15 is 0 Å². The Morgan fingerprint density at radius 2 is 1.41 bits per heavy atom. The predicted octanol–water partition coefficient (Wildman–Crippen LogP) is 1.83. The molecule has 17 heavy (non-hydrogen) atoms. The van der Waals surface area contributed by atoms with E-state index < -0.39 is 28.6 Å². The van der Waals surface area contributed by atoms with Gasteiger partial charge in [-0.2, -0.15) is 4.89 Å². The maximum absolute atomic E-state index is 11.8. The van der Waals surface area contributed by atoms with Crippen LogP contribution in [0.15, 0.2) is 0 Å². The van der Waals surface area contributed by atoms with Crippen molar-refractivity contribution in [3.05, 3.63) is 0 Å². The number of hydrogen-bond acceptors (Lipinski definition) is 5. The molecule has 0 heterocycles. The van der Waals surface area contributed by atoms with E-state index in [1.807, 2.05) is 0 Å². The van der Waals surface area contributed by atoms with E-state index in [0.717, 1.165) is 0 Å². The van der Waals surface area contributed by atoms with Crippen LogP contribution in [0.25, 0.3) is 0 Å². The van der Waals surface area contributed by atoms with Crippen molar-refractivity contribution in [2.75, 3.05) is 0 Å². The Kier molecular flexibility index (Phi) is 5.01. The van der Waals surface area contributed by atoms with Gasteiger partial charge in [0.15, 0.2) is 17.0 Å². The van der Waals surface area contributed by atoms with Gasteiger partial charge in [-0.1, -0.05) is 6.92 Å². The molecule has 0 spiro atoms. The summed E-state index contributed by atoms with van der Waals surface area (Å²) in [7, 11) is 0. The maximum atomic E-state index is 11.8. The van der Waals surface area contributed by atoms with Gasteiger partial charge in [-0.05, 0) is 41.0 Å². The monoisotopic (exact) mass is 244 g/mol. The lowest BCUT2D eigenvalue weighted by molar-refractivity contribution is -0.324. The largest absolute Gasteiger partial charge is 0.363 e. The number of carbonyl (C=O) groups excluding carboxylic acids is 3. The summed E-state index contributed by atoms with van der Waals surface area (Å²) in [5.41, 5.74) is -2.44. The highest BCUT2D eigenvalue weighted by molar-refractivity contribution is 6.20. The number of ketones is 2. The van der Waals surface area contributed by atoms with Crippen molar-refractivity contribution >= 4 is 17.5 Å². The molecule has 5 nitrogen and oxygen atoms in total. The summed E-state index contributed by atoms with van der Waals surface area (Å²) in [5, 5.41) is 0. The number of carbonyl (C=O) groups is 3. The van der Waals surface area contributed by atoms with E-state index in [1.54, 1.807) is 27.7 Å². The second-order valence-electron chi connectivity index (χ2n) is 4.94. The first-order chi connectivity index (χ1) is 7.58. The molecule has 0 N–H and O–H groups in total. The topological polar surface area (TPSA) is 69.7 Å². The smallest absolute Gasteiger partial charge is 0.298 e. The summed E-state index contributed by atoms with van der Waals surface area (Å²) in [4.78, 5) is 44.3. The third-order valence-corrected chi connectivity index (χ3v) is 2.45. The minimum absolute atomic E-state index is 0.0595. The molecule has 5 heteroatoms. The van der Waals surface area contributed by atoms with Gasteiger partial charge in [-0.15, -0.1) is 0 Å². The van der Waals surface area contributed by atoms with Crippen LogP contribution in [0.3, 0.4) is 0 Å².